The van der Waals surface area contributed by atoms with Gasteiger partial charge in [-0.1, -0.05) is 103 Å². The largest absolute Gasteiger partial charge is 0.356 e. The first-order valence-corrected chi connectivity index (χ1v) is 13.0. The van der Waals surface area contributed by atoms with E-state index in [1.807, 2.05) is 6.07 Å². The van der Waals surface area contributed by atoms with Gasteiger partial charge < -0.3 is 9.88 Å². The van der Waals surface area contributed by atoms with Crippen molar-refractivity contribution in [1.82, 2.24) is 4.57 Å². The van der Waals surface area contributed by atoms with E-state index in [-0.39, 0.29) is 0 Å². The number of aromatic nitrogens is 1. The van der Waals surface area contributed by atoms with E-state index in [0.29, 0.717) is 0 Å². The molecule has 0 aliphatic heterocycles. The number of hydrogen-bond acceptors (Lipinski definition) is 1. The number of nitrogens with zero attached hydrogens (tertiary/aromatic N) is 1. The van der Waals surface area contributed by atoms with Crippen molar-refractivity contribution < 1.29 is 0 Å². The van der Waals surface area contributed by atoms with Crippen molar-refractivity contribution in [2.75, 3.05) is 5.32 Å². The average molecular weight is 487 g/mol. The Bertz CT molecular complexity index is 1830. The third-order valence-corrected chi connectivity index (χ3v) is 7.16. The molecule has 0 amide bonds. The number of para-hydroxylation sites is 2. The zero-order valence-electron chi connectivity index (χ0n) is 20.9. The molecule has 0 bridgehead atoms. The molecule has 0 atom stereocenters. The Morgan fingerprint density at radius 2 is 0.921 bits per heavy atom. The molecular weight excluding hydrogens is 460 g/mol. The van der Waals surface area contributed by atoms with Crippen LogP contribution in [0.1, 0.15) is 0 Å². The first-order chi connectivity index (χ1) is 18.8. The molecule has 180 valence electrons. The van der Waals surface area contributed by atoms with Gasteiger partial charge in [-0.15, -0.1) is 0 Å². The van der Waals surface area contributed by atoms with E-state index in [2.05, 4.69) is 155 Å². The van der Waals surface area contributed by atoms with Crippen LogP contribution in [0.4, 0.5) is 11.4 Å². The predicted molar refractivity (Wildman–Crippen MR) is 161 cm³/mol. The molecule has 0 saturated heterocycles. The van der Waals surface area contributed by atoms with Crippen LogP contribution in [0, 0.1) is 0 Å². The van der Waals surface area contributed by atoms with Crippen molar-refractivity contribution in [3.05, 3.63) is 152 Å². The molecule has 7 rings (SSSR count). The van der Waals surface area contributed by atoms with Crippen LogP contribution in [0.2, 0.25) is 0 Å². The Hall–Kier alpha value is -5.08. The van der Waals surface area contributed by atoms with Crippen LogP contribution in [0.15, 0.2) is 152 Å². The van der Waals surface area contributed by atoms with Crippen molar-refractivity contribution in [2.45, 2.75) is 0 Å². The summed E-state index contributed by atoms with van der Waals surface area (Å²) < 4.78 is 2.37. The summed E-state index contributed by atoms with van der Waals surface area (Å²) >= 11 is 0. The number of anilines is 2. The first-order valence-electron chi connectivity index (χ1n) is 13.0. The lowest BCUT2D eigenvalue weighted by Crippen LogP contribution is -1.94. The van der Waals surface area contributed by atoms with Gasteiger partial charge in [0.1, 0.15) is 0 Å². The highest BCUT2D eigenvalue weighted by Crippen LogP contribution is 2.33. The van der Waals surface area contributed by atoms with Gasteiger partial charge in [0, 0.05) is 27.8 Å². The van der Waals surface area contributed by atoms with E-state index in [1.54, 1.807) is 0 Å². The lowest BCUT2D eigenvalue weighted by molar-refractivity contribution is 1.18. The second kappa shape index (κ2) is 9.42. The van der Waals surface area contributed by atoms with Crippen LogP contribution in [-0.2, 0) is 0 Å². The molecule has 1 N–H and O–H groups in total. The van der Waals surface area contributed by atoms with Gasteiger partial charge in [-0.25, -0.2) is 0 Å². The smallest absolute Gasteiger partial charge is 0.0541 e. The maximum atomic E-state index is 3.58. The number of rotatable bonds is 5. The van der Waals surface area contributed by atoms with Crippen molar-refractivity contribution in [2.24, 2.45) is 0 Å². The van der Waals surface area contributed by atoms with Gasteiger partial charge in [0.05, 0.1) is 11.0 Å². The summed E-state index contributed by atoms with van der Waals surface area (Å²) in [5, 5.41) is 6.13. The monoisotopic (exact) mass is 486 g/mol. The van der Waals surface area contributed by atoms with E-state index in [9.17, 15) is 0 Å². The van der Waals surface area contributed by atoms with Crippen molar-refractivity contribution in [3.63, 3.8) is 0 Å². The minimum Gasteiger partial charge on any atom is -0.356 e. The molecule has 0 saturated carbocycles. The Balaban J connectivity index is 1.22. The fraction of sp³-hybridized carbons (Fsp3) is 0. The SMILES string of the molecule is c1ccc(-c2ccc(Nc3cccc(-c4cccc(-n5c6ccccc6c6ccccc65)c4)c3)cc2)cc1. The summed E-state index contributed by atoms with van der Waals surface area (Å²) in [5.74, 6) is 0. The molecule has 0 aliphatic rings. The highest BCUT2D eigenvalue weighted by atomic mass is 15.0. The summed E-state index contributed by atoms with van der Waals surface area (Å²) in [7, 11) is 0. The van der Waals surface area contributed by atoms with Gasteiger partial charge in [0.15, 0.2) is 0 Å². The molecule has 0 spiro atoms. The maximum Gasteiger partial charge on any atom is 0.0541 e. The molecule has 1 heterocycles. The second-order valence-corrected chi connectivity index (χ2v) is 9.57. The van der Waals surface area contributed by atoms with Crippen molar-refractivity contribution >= 4 is 33.2 Å². The van der Waals surface area contributed by atoms with Crippen LogP contribution in [0.3, 0.4) is 0 Å². The minimum atomic E-state index is 1.07. The Labute approximate surface area is 222 Å². The second-order valence-electron chi connectivity index (χ2n) is 9.57. The predicted octanol–water partition coefficient (Wildman–Crippen LogP) is 9.86. The highest BCUT2D eigenvalue weighted by molar-refractivity contribution is 6.09. The van der Waals surface area contributed by atoms with Gasteiger partial charge in [-0.3, -0.25) is 0 Å². The lowest BCUT2D eigenvalue weighted by Gasteiger charge is -2.12. The zero-order chi connectivity index (χ0) is 25.3. The molecule has 2 heteroatoms. The average Bonchev–Trinajstić information content (AvgIpc) is 3.33. The molecule has 0 radical (unpaired) electrons. The summed E-state index contributed by atoms with van der Waals surface area (Å²) in [6.07, 6.45) is 0. The highest BCUT2D eigenvalue weighted by Gasteiger charge is 2.12. The van der Waals surface area contributed by atoms with Crippen molar-refractivity contribution in [3.8, 4) is 27.9 Å². The van der Waals surface area contributed by atoms with E-state index in [0.717, 1.165) is 17.1 Å². The summed E-state index contributed by atoms with van der Waals surface area (Å²) in [6.45, 7) is 0. The molecule has 38 heavy (non-hydrogen) atoms. The maximum absolute atomic E-state index is 3.58. The van der Waals surface area contributed by atoms with Crippen LogP contribution >= 0.6 is 0 Å². The fourth-order valence-corrected chi connectivity index (χ4v) is 5.35. The van der Waals surface area contributed by atoms with Gasteiger partial charge in [-0.2, -0.15) is 0 Å². The van der Waals surface area contributed by atoms with Crippen molar-refractivity contribution in [1.29, 1.82) is 0 Å². The van der Waals surface area contributed by atoms with E-state index in [1.165, 1.54) is 44.1 Å². The van der Waals surface area contributed by atoms with E-state index in [4.69, 9.17) is 0 Å². The summed E-state index contributed by atoms with van der Waals surface area (Å²) in [6, 6.07) is 53.8. The Morgan fingerprint density at radius 3 is 1.63 bits per heavy atom. The summed E-state index contributed by atoms with van der Waals surface area (Å²) in [5.41, 5.74) is 10.6. The number of nitrogens with one attached hydrogen (secondary N) is 1. The van der Waals surface area contributed by atoms with E-state index < -0.39 is 0 Å². The van der Waals surface area contributed by atoms with Gasteiger partial charge in [0.2, 0.25) is 0 Å². The normalized spacial score (nSPS) is 11.2. The molecule has 0 unspecified atom stereocenters. The van der Waals surface area contributed by atoms with E-state index >= 15 is 0 Å². The quantitative estimate of drug-likeness (QED) is 0.256. The minimum absolute atomic E-state index is 1.07. The third kappa shape index (κ3) is 4.03. The number of benzene rings is 6. The van der Waals surface area contributed by atoms with Crippen LogP contribution in [0.25, 0.3) is 49.7 Å². The molecule has 6 aromatic carbocycles. The third-order valence-electron chi connectivity index (χ3n) is 7.16. The lowest BCUT2D eigenvalue weighted by atomic mass is 10.0. The van der Waals surface area contributed by atoms with Gasteiger partial charge in [-0.05, 0) is 70.8 Å². The zero-order valence-corrected chi connectivity index (χ0v) is 20.9. The van der Waals surface area contributed by atoms with Crippen LogP contribution < -0.4 is 5.32 Å². The Morgan fingerprint density at radius 1 is 0.368 bits per heavy atom. The standard InChI is InChI=1S/C36H26N2/c1-2-10-26(11-3-1)27-20-22-30(23-21-27)37-31-14-8-12-28(24-31)29-13-9-15-32(25-29)38-35-18-6-4-16-33(35)34-17-5-7-19-36(34)38/h1-25,37H. The summed E-state index contributed by atoms with van der Waals surface area (Å²) in [4.78, 5) is 0. The van der Waals surface area contributed by atoms with Crippen LogP contribution in [0.5, 0.6) is 0 Å². The number of fused-ring (bicyclic) bond motifs is 3. The molecule has 7 aromatic rings. The number of hydrogen-bond donors (Lipinski definition) is 1. The molecule has 0 fully saturated rings. The molecule has 0 aliphatic carbocycles. The molecule has 2 nitrogen and oxygen atoms in total. The van der Waals surface area contributed by atoms with Gasteiger partial charge in [0.25, 0.3) is 0 Å². The molecular formula is C36H26N2. The van der Waals surface area contributed by atoms with Crippen LogP contribution in [-0.4, -0.2) is 4.57 Å². The molecule has 1 aromatic heterocycles. The topological polar surface area (TPSA) is 17.0 Å². The Kier molecular flexibility index (Phi) is 5.49. The first kappa shape index (κ1) is 22.1. The fourth-order valence-electron chi connectivity index (χ4n) is 5.35. The van der Waals surface area contributed by atoms with Gasteiger partial charge >= 0.3 is 0 Å².